The van der Waals surface area contributed by atoms with E-state index in [-0.39, 0.29) is 11.9 Å². The van der Waals surface area contributed by atoms with Crippen LogP contribution < -0.4 is 5.32 Å². The average molecular weight is 299 g/mol. The van der Waals surface area contributed by atoms with E-state index in [0.717, 1.165) is 21.5 Å². The van der Waals surface area contributed by atoms with Gasteiger partial charge in [0.25, 0.3) is 0 Å². The zero-order valence-electron chi connectivity index (χ0n) is 12.0. The van der Waals surface area contributed by atoms with Crippen molar-refractivity contribution in [2.45, 2.75) is 26.4 Å². The molecule has 3 rings (SSSR count). The first-order valence-electron chi connectivity index (χ1n) is 6.91. The van der Waals surface area contributed by atoms with Crippen LogP contribution in [0.2, 0.25) is 0 Å². The number of carbonyl (C=O) groups is 1. The largest absolute Gasteiger partial charge is 0.349 e. The van der Waals surface area contributed by atoms with Crippen molar-refractivity contribution in [1.29, 1.82) is 0 Å². The Balaban J connectivity index is 1.80. The number of hydrogen-bond donors (Lipinski definition) is 1. The Kier molecular flexibility index (Phi) is 3.75. The SMILES string of the molecule is Cc1nn([C@@H](C)C(=O)NCc2cccs2)c2ccccc12. The van der Waals surface area contributed by atoms with Gasteiger partial charge in [-0.2, -0.15) is 5.10 Å². The summed E-state index contributed by atoms with van der Waals surface area (Å²) in [5.74, 6) is -0.0170. The van der Waals surface area contributed by atoms with Crippen molar-refractivity contribution >= 4 is 28.1 Å². The fraction of sp³-hybridized carbons (Fsp3) is 0.250. The molecule has 1 N–H and O–H groups in total. The summed E-state index contributed by atoms with van der Waals surface area (Å²) >= 11 is 1.64. The average Bonchev–Trinajstić information content (AvgIpc) is 3.13. The summed E-state index contributed by atoms with van der Waals surface area (Å²) in [6, 6.07) is 11.7. The minimum atomic E-state index is -0.330. The molecule has 0 saturated heterocycles. The van der Waals surface area contributed by atoms with Gasteiger partial charge < -0.3 is 5.32 Å². The molecule has 0 aliphatic heterocycles. The van der Waals surface area contributed by atoms with Crippen LogP contribution >= 0.6 is 11.3 Å². The maximum Gasteiger partial charge on any atom is 0.244 e. The van der Waals surface area contributed by atoms with Gasteiger partial charge in [-0.1, -0.05) is 24.3 Å². The lowest BCUT2D eigenvalue weighted by Gasteiger charge is -2.13. The second-order valence-corrected chi connectivity index (χ2v) is 6.05. The molecule has 21 heavy (non-hydrogen) atoms. The lowest BCUT2D eigenvalue weighted by molar-refractivity contribution is -0.124. The maximum absolute atomic E-state index is 12.3. The Morgan fingerprint density at radius 3 is 2.90 bits per heavy atom. The minimum Gasteiger partial charge on any atom is -0.349 e. The van der Waals surface area contributed by atoms with Gasteiger partial charge in [0, 0.05) is 10.3 Å². The summed E-state index contributed by atoms with van der Waals surface area (Å²) in [7, 11) is 0. The molecule has 0 unspecified atom stereocenters. The second-order valence-electron chi connectivity index (χ2n) is 5.02. The second kappa shape index (κ2) is 5.69. The molecule has 0 radical (unpaired) electrons. The normalized spacial score (nSPS) is 12.5. The van der Waals surface area contributed by atoms with Gasteiger partial charge in [-0.15, -0.1) is 11.3 Å². The van der Waals surface area contributed by atoms with E-state index in [1.165, 1.54) is 0 Å². The first-order chi connectivity index (χ1) is 10.2. The summed E-state index contributed by atoms with van der Waals surface area (Å²) in [5, 5.41) is 10.6. The summed E-state index contributed by atoms with van der Waals surface area (Å²) < 4.78 is 1.80. The van der Waals surface area contributed by atoms with Crippen molar-refractivity contribution in [1.82, 2.24) is 15.1 Å². The van der Waals surface area contributed by atoms with Crippen LogP contribution in [-0.4, -0.2) is 15.7 Å². The number of fused-ring (bicyclic) bond motifs is 1. The number of carbonyl (C=O) groups excluding carboxylic acids is 1. The zero-order chi connectivity index (χ0) is 14.8. The number of hydrogen-bond acceptors (Lipinski definition) is 3. The standard InChI is InChI=1S/C16H17N3OS/c1-11-14-7-3-4-8-15(14)19(18-11)12(2)16(20)17-10-13-6-5-9-21-13/h3-9,12H,10H2,1-2H3,(H,17,20)/t12-/m0/s1. The Labute approximate surface area is 127 Å². The first kappa shape index (κ1) is 13.8. The highest BCUT2D eigenvalue weighted by atomic mass is 32.1. The highest BCUT2D eigenvalue weighted by Crippen LogP contribution is 2.21. The van der Waals surface area contributed by atoms with Gasteiger partial charge in [-0.3, -0.25) is 9.48 Å². The highest BCUT2D eigenvalue weighted by molar-refractivity contribution is 7.09. The maximum atomic E-state index is 12.3. The fourth-order valence-electron chi connectivity index (χ4n) is 2.39. The van der Waals surface area contributed by atoms with Gasteiger partial charge in [0.1, 0.15) is 6.04 Å². The number of benzene rings is 1. The van der Waals surface area contributed by atoms with Crippen molar-refractivity contribution in [2.75, 3.05) is 0 Å². The number of thiophene rings is 1. The molecule has 1 aromatic carbocycles. The van der Waals surface area contributed by atoms with E-state index in [4.69, 9.17) is 0 Å². The van der Waals surface area contributed by atoms with Crippen LogP contribution in [-0.2, 0) is 11.3 Å². The molecule has 5 heteroatoms. The number of rotatable bonds is 4. The monoisotopic (exact) mass is 299 g/mol. The molecule has 0 aliphatic rings. The van der Waals surface area contributed by atoms with Crippen molar-refractivity contribution in [3.05, 3.63) is 52.3 Å². The van der Waals surface area contributed by atoms with Crippen LogP contribution in [0.1, 0.15) is 23.5 Å². The van der Waals surface area contributed by atoms with Crippen LogP contribution in [0.4, 0.5) is 0 Å². The smallest absolute Gasteiger partial charge is 0.244 e. The van der Waals surface area contributed by atoms with Crippen molar-refractivity contribution in [3.8, 4) is 0 Å². The number of aromatic nitrogens is 2. The predicted octanol–water partition coefficient (Wildman–Crippen LogP) is 3.28. The van der Waals surface area contributed by atoms with Gasteiger partial charge in [0.15, 0.2) is 0 Å². The van der Waals surface area contributed by atoms with Gasteiger partial charge in [-0.05, 0) is 31.4 Å². The molecule has 1 amide bonds. The predicted molar refractivity (Wildman–Crippen MR) is 85.3 cm³/mol. The van der Waals surface area contributed by atoms with E-state index < -0.39 is 0 Å². The van der Waals surface area contributed by atoms with E-state index in [1.54, 1.807) is 16.0 Å². The lowest BCUT2D eigenvalue weighted by Crippen LogP contribution is -2.30. The first-order valence-corrected chi connectivity index (χ1v) is 7.78. The van der Waals surface area contributed by atoms with Crippen molar-refractivity contribution < 1.29 is 4.79 Å². The Bertz CT molecular complexity index is 761. The number of aryl methyl sites for hydroxylation is 1. The van der Waals surface area contributed by atoms with Crippen LogP contribution in [0.15, 0.2) is 41.8 Å². The number of amides is 1. The molecular weight excluding hydrogens is 282 g/mol. The van der Waals surface area contributed by atoms with Gasteiger partial charge in [0.05, 0.1) is 17.8 Å². The summed E-state index contributed by atoms with van der Waals surface area (Å²) in [4.78, 5) is 13.5. The van der Waals surface area contributed by atoms with Crippen LogP contribution in [0.5, 0.6) is 0 Å². The molecule has 0 bridgehead atoms. The molecule has 4 nitrogen and oxygen atoms in total. The van der Waals surface area contributed by atoms with E-state index in [2.05, 4.69) is 10.4 Å². The Morgan fingerprint density at radius 1 is 1.33 bits per heavy atom. The molecule has 2 aromatic heterocycles. The number of para-hydroxylation sites is 1. The third-order valence-electron chi connectivity index (χ3n) is 3.56. The van der Waals surface area contributed by atoms with Crippen LogP contribution in [0, 0.1) is 6.92 Å². The third-order valence-corrected chi connectivity index (χ3v) is 4.44. The third kappa shape index (κ3) is 2.69. The zero-order valence-corrected chi connectivity index (χ0v) is 12.9. The highest BCUT2D eigenvalue weighted by Gasteiger charge is 2.18. The molecule has 0 spiro atoms. The van der Waals surface area contributed by atoms with E-state index in [0.29, 0.717) is 6.54 Å². The van der Waals surface area contributed by atoms with Gasteiger partial charge in [-0.25, -0.2) is 0 Å². The molecule has 108 valence electrons. The summed E-state index contributed by atoms with van der Waals surface area (Å²) in [6.07, 6.45) is 0. The topological polar surface area (TPSA) is 46.9 Å². The number of nitrogens with zero attached hydrogens (tertiary/aromatic N) is 2. The van der Waals surface area contributed by atoms with Crippen molar-refractivity contribution in [2.24, 2.45) is 0 Å². The fourth-order valence-corrected chi connectivity index (χ4v) is 3.03. The molecule has 3 aromatic rings. The van der Waals surface area contributed by atoms with Crippen LogP contribution in [0.3, 0.4) is 0 Å². The summed E-state index contributed by atoms with van der Waals surface area (Å²) in [5.41, 5.74) is 1.94. The molecule has 0 fully saturated rings. The molecular formula is C16H17N3OS. The Hall–Kier alpha value is -2.14. The van der Waals surface area contributed by atoms with Gasteiger partial charge >= 0.3 is 0 Å². The number of nitrogens with one attached hydrogen (secondary N) is 1. The van der Waals surface area contributed by atoms with Crippen molar-refractivity contribution in [3.63, 3.8) is 0 Å². The van der Waals surface area contributed by atoms with E-state index >= 15 is 0 Å². The van der Waals surface area contributed by atoms with Gasteiger partial charge in [0.2, 0.25) is 5.91 Å². The minimum absolute atomic E-state index is 0.0170. The lowest BCUT2D eigenvalue weighted by atomic mass is 10.2. The quantitative estimate of drug-likeness (QED) is 0.803. The van der Waals surface area contributed by atoms with Crippen LogP contribution in [0.25, 0.3) is 10.9 Å². The molecule has 0 saturated carbocycles. The van der Waals surface area contributed by atoms with E-state index in [9.17, 15) is 4.79 Å². The summed E-state index contributed by atoms with van der Waals surface area (Å²) in [6.45, 7) is 4.41. The molecule has 2 heterocycles. The van der Waals surface area contributed by atoms with E-state index in [1.807, 2.05) is 55.6 Å². The Morgan fingerprint density at radius 2 is 2.14 bits per heavy atom. The molecule has 1 atom stereocenters. The molecule has 0 aliphatic carbocycles.